The molecule has 0 aromatic heterocycles. The van der Waals surface area contributed by atoms with E-state index < -0.39 is 0 Å². The van der Waals surface area contributed by atoms with E-state index in [1.54, 1.807) is 0 Å². The Balaban J connectivity index is 1.81. The molecule has 3 heteroatoms. The first-order valence-electron chi connectivity index (χ1n) is 6.19. The lowest BCUT2D eigenvalue weighted by atomic mass is 9.79. The summed E-state index contributed by atoms with van der Waals surface area (Å²) in [5.41, 5.74) is 0.391. The van der Waals surface area contributed by atoms with Crippen molar-refractivity contribution in [2.45, 2.75) is 32.2 Å². The van der Waals surface area contributed by atoms with Gasteiger partial charge in [-0.25, -0.2) is 0 Å². The highest BCUT2D eigenvalue weighted by molar-refractivity contribution is 4.94. The minimum absolute atomic E-state index is 0.391. The van der Waals surface area contributed by atoms with E-state index in [9.17, 15) is 0 Å². The molecule has 2 fully saturated rings. The summed E-state index contributed by atoms with van der Waals surface area (Å²) in [4.78, 5) is 0. The highest BCUT2D eigenvalue weighted by Crippen LogP contribution is 2.33. The van der Waals surface area contributed by atoms with Crippen LogP contribution in [0.2, 0.25) is 0 Å². The van der Waals surface area contributed by atoms with Gasteiger partial charge in [-0.05, 0) is 38.3 Å². The van der Waals surface area contributed by atoms with Gasteiger partial charge in [-0.15, -0.1) is 0 Å². The van der Waals surface area contributed by atoms with Gasteiger partial charge in [0, 0.05) is 25.1 Å². The molecule has 0 aromatic carbocycles. The zero-order valence-corrected chi connectivity index (χ0v) is 10.0. The number of hydrogen-bond donors (Lipinski definition) is 2. The number of rotatable bonds is 5. The maximum Gasteiger partial charge on any atom is 0.0531 e. The first-order valence-corrected chi connectivity index (χ1v) is 6.19. The van der Waals surface area contributed by atoms with Gasteiger partial charge >= 0.3 is 0 Å². The van der Waals surface area contributed by atoms with Crippen molar-refractivity contribution in [1.29, 1.82) is 0 Å². The Morgan fingerprint density at radius 3 is 2.60 bits per heavy atom. The smallest absolute Gasteiger partial charge is 0.0531 e. The van der Waals surface area contributed by atoms with Gasteiger partial charge in [0.1, 0.15) is 0 Å². The monoisotopic (exact) mass is 212 g/mol. The van der Waals surface area contributed by atoms with Gasteiger partial charge in [0.15, 0.2) is 0 Å². The van der Waals surface area contributed by atoms with Crippen LogP contribution in [0.4, 0.5) is 0 Å². The number of hydrogen-bond acceptors (Lipinski definition) is 3. The van der Waals surface area contributed by atoms with Crippen LogP contribution < -0.4 is 10.6 Å². The summed E-state index contributed by atoms with van der Waals surface area (Å²) in [6, 6.07) is 0.786. The molecule has 1 aliphatic carbocycles. The standard InChI is InChI=1S/C12H24N2O/c1-10-7-11(10)14-8-12(9-15-2)3-5-13-6-4-12/h10-11,13-14H,3-9H2,1-2H3/t10-,11-/m1/s1. The fourth-order valence-electron chi connectivity index (χ4n) is 2.59. The lowest BCUT2D eigenvalue weighted by Crippen LogP contribution is -2.46. The topological polar surface area (TPSA) is 33.3 Å². The molecule has 2 atom stereocenters. The molecule has 1 heterocycles. The maximum absolute atomic E-state index is 5.40. The molecular weight excluding hydrogens is 188 g/mol. The molecule has 0 bridgehead atoms. The third-order valence-corrected chi connectivity index (χ3v) is 3.96. The number of piperidine rings is 1. The average Bonchev–Trinajstić information content (AvgIpc) is 2.94. The van der Waals surface area contributed by atoms with Crippen molar-refractivity contribution in [3.05, 3.63) is 0 Å². The number of methoxy groups -OCH3 is 1. The molecule has 0 spiro atoms. The molecular formula is C12H24N2O. The molecule has 0 aromatic rings. The average molecular weight is 212 g/mol. The van der Waals surface area contributed by atoms with Crippen molar-refractivity contribution >= 4 is 0 Å². The van der Waals surface area contributed by atoms with Crippen molar-refractivity contribution in [1.82, 2.24) is 10.6 Å². The predicted molar refractivity (Wildman–Crippen MR) is 62.0 cm³/mol. The van der Waals surface area contributed by atoms with Crippen LogP contribution >= 0.6 is 0 Å². The highest BCUT2D eigenvalue weighted by atomic mass is 16.5. The Bertz CT molecular complexity index is 196. The molecule has 3 nitrogen and oxygen atoms in total. The van der Waals surface area contributed by atoms with Crippen LogP contribution in [0, 0.1) is 11.3 Å². The van der Waals surface area contributed by atoms with E-state index in [2.05, 4.69) is 17.6 Å². The Labute approximate surface area is 93.0 Å². The fourth-order valence-corrected chi connectivity index (χ4v) is 2.59. The number of ether oxygens (including phenoxy) is 1. The lowest BCUT2D eigenvalue weighted by Gasteiger charge is -2.37. The SMILES string of the molecule is COCC1(CN[C@@H]2C[C@H]2C)CCNCC1. The normalized spacial score (nSPS) is 34.0. The second-order valence-electron chi connectivity index (χ2n) is 5.38. The van der Waals surface area contributed by atoms with Crippen molar-refractivity contribution in [2.24, 2.45) is 11.3 Å². The second-order valence-corrected chi connectivity index (χ2v) is 5.38. The van der Waals surface area contributed by atoms with Crippen LogP contribution in [0.25, 0.3) is 0 Å². The van der Waals surface area contributed by atoms with E-state index in [1.165, 1.54) is 19.3 Å². The zero-order valence-electron chi connectivity index (χ0n) is 10.0. The van der Waals surface area contributed by atoms with Crippen LogP contribution in [0.5, 0.6) is 0 Å². The Kier molecular flexibility index (Phi) is 3.65. The van der Waals surface area contributed by atoms with Crippen LogP contribution in [0.3, 0.4) is 0 Å². The van der Waals surface area contributed by atoms with E-state index in [-0.39, 0.29) is 0 Å². The lowest BCUT2D eigenvalue weighted by molar-refractivity contribution is 0.0532. The van der Waals surface area contributed by atoms with Crippen LogP contribution in [0.1, 0.15) is 26.2 Å². The first-order chi connectivity index (χ1) is 7.26. The Morgan fingerprint density at radius 2 is 2.07 bits per heavy atom. The van der Waals surface area contributed by atoms with E-state index in [0.29, 0.717) is 5.41 Å². The third kappa shape index (κ3) is 2.92. The van der Waals surface area contributed by atoms with E-state index in [0.717, 1.165) is 38.2 Å². The minimum Gasteiger partial charge on any atom is -0.384 e. The second kappa shape index (κ2) is 4.81. The molecule has 0 unspecified atom stereocenters. The number of nitrogens with one attached hydrogen (secondary N) is 2. The summed E-state index contributed by atoms with van der Waals surface area (Å²) < 4.78 is 5.40. The molecule has 2 rings (SSSR count). The van der Waals surface area contributed by atoms with Crippen LogP contribution in [0.15, 0.2) is 0 Å². The quantitative estimate of drug-likeness (QED) is 0.713. The molecule has 0 radical (unpaired) electrons. The molecule has 2 aliphatic rings. The Morgan fingerprint density at radius 1 is 1.40 bits per heavy atom. The first kappa shape index (κ1) is 11.4. The summed E-state index contributed by atoms with van der Waals surface area (Å²) in [7, 11) is 1.82. The molecule has 88 valence electrons. The van der Waals surface area contributed by atoms with Crippen molar-refractivity contribution < 1.29 is 4.74 Å². The summed E-state index contributed by atoms with van der Waals surface area (Å²) in [6.45, 7) is 6.65. The summed E-state index contributed by atoms with van der Waals surface area (Å²) in [5.74, 6) is 0.895. The Hall–Kier alpha value is -0.120. The fraction of sp³-hybridized carbons (Fsp3) is 1.00. The molecule has 0 amide bonds. The molecule has 1 aliphatic heterocycles. The van der Waals surface area contributed by atoms with Gasteiger partial charge < -0.3 is 15.4 Å². The van der Waals surface area contributed by atoms with E-state index in [4.69, 9.17) is 4.74 Å². The van der Waals surface area contributed by atoms with Crippen molar-refractivity contribution in [2.75, 3.05) is 33.4 Å². The molecule has 1 saturated heterocycles. The van der Waals surface area contributed by atoms with Gasteiger partial charge in [0.25, 0.3) is 0 Å². The molecule has 2 N–H and O–H groups in total. The van der Waals surface area contributed by atoms with Gasteiger partial charge in [-0.1, -0.05) is 6.92 Å². The van der Waals surface area contributed by atoms with E-state index >= 15 is 0 Å². The van der Waals surface area contributed by atoms with Crippen molar-refractivity contribution in [3.63, 3.8) is 0 Å². The third-order valence-electron chi connectivity index (χ3n) is 3.96. The molecule has 1 saturated carbocycles. The molecule has 15 heavy (non-hydrogen) atoms. The van der Waals surface area contributed by atoms with Gasteiger partial charge in [-0.3, -0.25) is 0 Å². The summed E-state index contributed by atoms with van der Waals surface area (Å²) in [5, 5.41) is 7.12. The predicted octanol–water partition coefficient (Wildman–Crippen LogP) is 1.00. The maximum atomic E-state index is 5.40. The van der Waals surface area contributed by atoms with Gasteiger partial charge in [0.2, 0.25) is 0 Å². The largest absolute Gasteiger partial charge is 0.384 e. The van der Waals surface area contributed by atoms with Crippen LogP contribution in [-0.4, -0.2) is 39.4 Å². The van der Waals surface area contributed by atoms with Gasteiger partial charge in [-0.2, -0.15) is 0 Å². The minimum atomic E-state index is 0.391. The van der Waals surface area contributed by atoms with Gasteiger partial charge in [0.05, 0.1) is 6.61 Å². The zero-order chi connectivity index (χ0) is 10.7. The summed E-state index contributed by atoms with van der Waals surface area (Å²) in [6.07, 6.45) is 3.85. The van der Waals surface area contributed by atoms with Crippen LogP contribution in [-0.2, 0) is 4.74 Å². The highest BCUT2D eigenvalue weighted by Gasteiger charge is 2.37. The van der Waals surface area contributed by atoms with Crippen molar-refractivity contribution in [3.8, 4) is 0 Å². The van der Waals surface area contributed by atoms with E-state index in [1.807, 2.05) is 7.11 Å². The summed E-state index contributed by atoms with van der Waals surface area (Å²) >= 11 is 0.